The Morgan fingerprint density at radius 2 is 2.08 bits per heavy atom. The van der Waals surface area contributed by atoms with Crippen molar-refractivity contribution in [2.75, 3.05) is 13.2 Å². The van der Waals surface area contributed by atoms with Crippen LogP contribution in [0.2, 0.25) is 0 Å². The van der Waals surface area contributed by atoms with Crippen LogP contribution in [0.1, 0.15) is 48.5 Å². The monoisotopic (exact) mass is 331 g/mol. The molecule has 0 spiro atoms. The fraction of sp³-hybridized carbons (Fsp3) is 0.579. The summed E-state index contributed by atoms with van der Waals surface area (Å²) in [5.74, 6) is -0.0901. The number of carbonyl (C=O) groups excluding carboxylic acids is 2. The van der Waals surface area contributed by atoms with E-state index < -0.39 is 12.1 Å². The Labute approximate surface area is 142 Å². The summed E-state index contributed by atoms with van der Waals surface area (Å²) in [5.41, 5.74) is 1.41. The molecule has 0 aromatic heterocycles. The summed E-state index contributed by atoms with van der Waals surface area (Å²) in [7, 11) is 0. The first-order valence-corrected chi connectivity index (χ1v) is 8.83. The zero-order valence-electron chi connectivity index (χ0n) is 14.1. The molecule has 5 nitrogen and oxygen atoms in total. The molecule has 2 aliphatic rings. The average molecular weight is 331 g/mol. The Morgan fingerprint density at radius 3 is 2.92 bits per heavy atom. The van der Waals surface area contributed by atoms with E-state index in [1.165, 1.54) is 19.3 Å². The molecular weight excluding hydrogens is 306 g/mol. The lowest BCUT2D eigenvalue weighted by atomic mass is 9.88. The van der Waals surface area contributed by atoms with Crippen LogP contribution in [0.25, 0.3) is 0 Å². The topological polar surface area (TPSA) is 64.6 Å². The molecule has 1 N–H and O–H groups in total. The van der Waals surface area contributed by atoms with Gasteiger partial charge < -0.3 is 14.8 Å². The summed E-state index contributed by atoms with van der Waals surface area (Å²) in [6, 6.07) is 7.25. The molecule has 1 heterocycles. The number of amides is 1. The van der Waals surface area contributed by atoms with Gasteiger partial charge in [0.2, 0.25) is 0 Å². The maximum absolute atomic E-state index is 12.2. The van der Waals surface area contributed by atoms with Crippen LogP contribution >= 0.6 is 0 Å². The number of hydrogen-bond acceptors (Lipinski definition) is 4. The highest BCUT2D eigenvalue weighted by atomic mass is 16.5. The van der Waals surface area contributed by atoms with Crippen molar-refractivity contribution in [3.05, 3.63) is 35.4 Å². The van der Waals surface area contributed by atoms with E-state index in [0.29, 0.717) is 37.2 Å². The van der Waals surface area contributed by atoms with Gasteiger partial charge in [0.25, 0.3) is 5.91 Å². The quantitative estimate of drug-likeness (QED) is 0.665. The highest BCUT2D eigenvalue weighted by molar-refractivity contribution is 5.95. The number of benzene rings is 1. The summed E-state index contributed by atoms with van der Waals surface area (Å²) < 4.78 is 11.1. The number of nitrogens with one attached hydrogen (secondary N) is 1. The molecule has 0 radical (unpaired) electrons. The number of esters is 1. The summed E-state index contributed by atoms with van der Waals surface area (Å²) >= 11 is 0. The first-order chi connectivity index (χ1) is 11.6. The van der Waals surface area contributed by atoms with E-state index in [-0.39, 0.29) is 5.91 Å². The van der Waals surface area contributed by atoms with Crippen LogP contribution in [0, 0.1) is 5.92 Å². The van der Waals surface area contributed by atoms with Crippen molar-refractivity contribution in [1.29, 1.82) is 0 Å². The molecule has 1 saturated carbocycles. The Bertz CT molecular complexity index is 601. The predicted molar refractivity (Wildman–Crippen MR) is 89.7 cm³/mol. The second-order valence-electron chi connectivity index (χ2n) is 6.72. The van der Waals surface area contributed by atoms with E-state index in [1.807, 2.05) is 12.1 Å². The third-order valence-electron chi connectivity index (χ3n) is 4.95. The van der Waals surface area contributed by atoms with Gasteiger partial charge in [-0.2, -0.15) is 0 Å². The van der Waals surface area contributed by atoms with Crippen LogP contribution < -0.4 is 5.32 Å². The fourth-order valence-electron chi connectivity index (χ4n) is 3.51. The van der Waals surface area contributed by atoms with Crippen LogP contribution in [-0.2, 0) is 20.7 Å². The lowest BCUT2D eigenvalue weighted by molar-refractivity contribution is -0.130. The predicted octanol–water partition coefficient (Wildman–Crippen LogP) is 2.48. The smallest absolute Gasteiger partial charge is 0.339 e. The molecule has 1 aliphatic carbocycles. The SMILES string of the molecule is CC1CCCCC1OCCNC(=O)C1Cc2ccccc2C(=O)O1. The number of ether oxygens (including phenoxy) is 2. The van der Waals surface area contributed by atoms with Crippen LogP contribution in [0.4, 0.5) is 0 Å². The van der Waals surface area contributed by atoms with Crippen molar-refractivity contribution in [2.24, 2.45) is 5.92 Å². The van der Waals surface area contributed by atoms with Crippen molar-refractivity contribution in [3.8, 4) is 0 Å². The summed E-state index contributed by atoms with van der Waals surface area (Å²) in [6.45, 7) is 3.16. The van der Waals surface area contributed by atoms with Gasteiger partial charge in [-0.25, -0.2) is 4.79 Å². The van der Waals surface area contributed by atoms with Gasteiger partial charge in [-0.05, 0) is 30.4 Å². The van der Waals surface area contributed by atoms with Gasteiger partial charge in [-0.15, -0.1) is 0 Å². The highest BCUT2D eigenvalue weighted by Crippen LogP contribution is 2.26. The maximum Gasteiger partial charge on any atom is 0.339 e. The Kier molecular flexibility index (Phi) is 5.51. The molecule has 3 rings (SSSR count). The van der Waals surface area contributed by atoms with E-state index in [1.54, 1.807) is 12.1 Å². The van der Waals surface area contributed by atoms with Crippen molar-refractivity contribution < 1.29 is 19.1 Å². The maximum atomic E-state index is 12.2. The normalized spacial score (nSPS) is 26.4. The lowest BCUT2D eigenvalue weighted by Gasteiger charge is -2.29. The van der Waals surface area contributed by atoms with Crippen molar-refractivity contribution >= 4 is 11.9 Å². The van der Waals surface area contributed by atoms with Gasteiger partial charge in [0.15, 0.2) is 6.10 Å². The van der Waals surface area contributed by atoms with E-state index in [0.717, 1.165) is 12.0 Å². The molecule has 1 aromatic carbocycles. The molecule has 5 heteroatoms. The molecule has 3 atom stereocenters. The van der Waals surface area contributed by atoms with Crippen molar-refractivity contribution in [2.45, 2.75) is 51.2 Å². The largest absolute Gasteiger partial charge is 0.448 e. The van der Waals surface area contributed by atoms with Crippen LogP contribution in [-0.4, -0.2) is 37.2 Å². The molecule has 0 saturated heterocycles. The van der Waals surface area contributed by atoms with Crippen LogP contribution in [0.3, 0.4) is 0 Å². The first kappa shape index (κ1) is 17.0. The minimum absolute atomic E-state index is 0.252. The molecule has 130 valence electrons. The van der Waals surface area contributed by atoms with Gasteiger partial charge in [0.05, 0.1) is 18.3 Å². The Morgan fingerprint density at radius 1 is 1.29 bits per heavy atom. The van der Waals surface area contributed by atoms with Gasteiger partial charge in [0, 0.05) is 13.0 Å². The lowest BCUT2D eigenvalue weighted by Crippen LogP contribution is -2.43. The van der Waals surface area contributed by atoms with E-state index in [2.05, 4.69) is 12.2 Å². The van der Waals surface area contributed by atoms with Crippen LogP contribution in [0.15, 0.2) is 24.3 Å². The number of carbonyl (C=O) groups is 2. The highest BCUT2D eigenvalue weighted by Gasteiger charge is 2.30. The second kappa shape index (κ2) is 7.79. The fourth-order valence-corrected chi connectivity index (χ4v) is 3.51. The summed E-state index contributed by atoms with van der Waals surface area (Å²) in [5, 5.41) is 2.82. The third-order valence-corrected chi connectivity index (χ3v) is 4.95. The number of rotatable bonds is 5. The average Bonchev–Trinajstić information content (AvgIpc) is 2.60. The van der Waals surface area contributed by atoms with Crippen molar-refractivity contribution in [1.82, 2.24) is 5.32 Å². The Balaban J connectivity index is 1.44. The van der Waals surface area contributed by atoms with E-state index >= 15 is 0 Å². The molecule has 1 aromatic rings. The second-order valence-corrected chi connectivity index (χ2v) is 6.72. The van der Waals surface area contributed by atoms with Crippen LogP contribution in [0.5, 0.6) is 0 Å². The number of cyclic esters (lactones) is 1. The first-order valence-electron chi connectivity index (χ1n) is 8.83. The van der Waals surface area contributed by atoms with Gasteiger partial charge >= 0.3 is 5.97 Å². The summed E-state index contributed by atoms with van der Waals surface area (Å²) in [4.78, 5) is 24.2. The number of fused-ring (bicyclic) bond motifs is 1. The van der Waals surface area contributed by atoms with Crippen molar-refractivity contribution in [3.63, 3.8) is 0 Å². The van der Waals surface area contributed by atoms with E-state index in [9.17, 15) is 9.59 Å². The molecule has 0 bridgehead atoms. The zero-order valence-corrected chi connectivity index (χ0v) is 14.1. The minimum Gasteiger partial charge on any atom is -0.448 e. The van der Waals surface area contributed by atoms with Gasteiger partial charge in [0.1, 0.15) is 0 Å². The molecule has 1 aliphatic heterocycles. The molecular formula is C19H25NO4. The minimum atomic E-state index is -0.749. The third kappa shape index (κ3) is 3.96. The van der Waals surface area contributed by atoms with E-state index in [4.69, 9.17) is 9.47 Å². The molecule has 24 heavy (non-hydrogen) atoms. The number of hydrogen-bond donors (Lipinski definition) is 1. The standard InChI is InChI=1S/C19H25NO4/c1-13-6-2-5-9-16(13)23-11-10-20-18(21)17-12-14-7-3-4-8-15(14)19(22)24-17/h3-4,7-8,13,16-17H,2,5-6,9-12H2,1H3,(H,20,21). The Hall–Kier alpha value is -1.88. The van der Waals surface area contributed by atoms with Gasteiger partial charge in [-0.3, -0.25) is 4.79 Å². The summed E-state index contributed by atoms with van der Waals surface area (Å²) in [6.07, 6.45) is 4.80. The molecule has 1 fully saturated rings. The zero-order chi connectivity index (χ0) is 16.9. The van der Waals surface area contributed by atoms with Gasteiger partial charge in [-0.1, -0.05) is 38.0 Å². The molecule has 3 unspecified atom stereocenters. The molecule has 1 amide bonds.